The van der Waals surface area contributed by atoms with E-state index in [1.54, 1.807) is 18.4 Å². The molecule has 1 aliphatic heterocycles. The van der Waals surface area contributed by atoms with Crippen LogP contribution in [0.3, 0.4) is 0 Å². The third-order valence-corrected chi connectivity index (χ3v) is 8.67. The Morgan fingerprint density at radius 1 is 0.854 bits per heavy atom. The molecular weight excluding hydrogens is 530 g/mol. The standard InChI is InChI=1S/C35H33NO4S/c1-38-30-18-19-31-32(23-30)41-35(26-12-10-25(11-13-26)33(37)24-7-3-2-4-8-24)34(31)40-29-16-14-28(15-17-29)39-22-20-27-9-5-6-21-36-27/h2-4,7-8,10-19,23,27,36H,5-6,9,20-22H2,1H3. The number of hydrogen-bond donors (Lipinski definition) is 1. The molecule has 0 bridgehead atoms. The Bertz CT molecular complexity index is 1600. The molecule has 5 nitrogen and oxygen atoms in total. The lowest BCUT2D eigenvalue weighted by Crippen LogP contribution is -2.35. The van der Waals surface area contributed by atoms with E-state index >= 15 is 0 Å². The van der Waals surface area contributed by atoms with Crippen molar-refractivity contribution in [3.05, 3.63) is 108 Å². The van der Waals surface area contributed by atoms with Crippen LogP contribution in [0.25, 0.3) is 20.5 Å². The van der Waals surface area contributed by atoms with Gasteiger partial charge in [0.2, 0.25) is 0 Å². The van der Waals surface area contributed by atoms with E-state index in [0.29, 0.717) is 23.8 Å². The fourth-order valence-electron chi connectivity index (χ4n) is 5.21. The molecule has 5 aromatic rings. The molecule has 0 radical (unpaired) electrons. The summed E-state index contributed by atoms with van der Waals surface area (Å²) < 4.78 is 19.1. The number of hydrogen-bond acceptors (Lipinski definition) is 6. The van der Waals surface area contributed by atoms with Crippen LogP contribution in [0.5, 0.6) is 23.0 Å². The number of methoxy groups -OCH3 is 1. The molecule has 4 aromatic carbocycles. The normalized spacial score (nSPS) is 15.0. The van der Waals surface area contributed by atoms with Gasteiger partial charge in [-0.2, -0.15) is 0 Å². The summed E-state index contributed by atoms with van der Waals surface area (Å²) in [5, 5.41) is 4.58. The molecule has 0 saturated carbocycles. The molecule has 41 heavy (non-hydrogen) atoms. The Balaban J connectivity index is 1.23. The van der Waals surface area contributed by atoms with Crippen LogP contribution in [0.1, 0.15) is 41.6 Å². The molecule has 1 N–H and O–H groups in total. The first-order valence-corrected chi connectivity index (χ1v) is 14.9. The van der Waals surface area contributed by atoms with Crippen molar-refractivity contribution in [2.45, 2.75) is 31.7 Å². The van der Waals surface area contributed by atoms with Gasteiger partial charge in [0.25, 0.3) is 0 Å². The number of nitrogens with one attached hydrogen (secondary N) is 1. The summed E-state index contributed by atoms with van der Waals surface area (Å²) in [6.45, 7) is 1.81. The van der Waals surface area contributed by atoms with Gasteiger partial charge in [-0.3, -0.25) is 4.79 Å². The minimum atomic E-state index is 0.00649. The van der Waals surface area contributed by atoms with Crippen LogP contribution >= 0.6 is 11.3 Å². The first-order valence-electron chi connectivity index (χ1n) is 14.1. The number of ether oxygens (including phenoxy) is 3. The highest BCUT2D eigenvalue weighted by Crippen LogP contribution is 2.47. The van der Waals surface area contributed by atoms with Gasteiger partial charge < -0.3 is 19.5 Å². The monoisotopic (exact) mass is 563 g/mol. The van der Waals surface area contributed by atoms with Crippen molar-refractivity contribution in [2.24, 2.45) is 0 Å². The van der Waals surface area contributed by atoms with E-state index in [1.165, 1.54) is 19.3 Å². The molecule has 208 valence electrons. The van der Waals surface area contributed by atoms with Gasteiger partial charge in [-0.25, -0.2) is 0 Å². The fraction of sp³-hybridized carbons (Fsp3) is 0.229. The Morgan fingerprint density at radius 2 is 1.59 bits per heavy atom. The zero-order valence-electron chi connectivity index (χ0n) is 23.1. The number of carbonyl (C=O) groups is 1. The lowest BCUT2D eigenvalue weighted by molar-refractivity contribution is 0.103. The summed E-state index contributed by atoms with van der Waals surface area (Å²) in [6.07, 6.45) is 4.81. The summed E-state index contributed by atoms with van der Waals surface area (Å²) >= 11 is 1.64. The van der Waals surface area contributed by atoms with Gasteiger partial charge in [-0.15, -0.1) is 11.3 Å². The second-order valence-corrected chi connectivity index (χ2v) is 11.3. The molecule has 1 saturated heterocycles. The van der Waals surface area contributed by atoms with E-state index in [2.05, 4.69) is 5.32 Å². The molecule has 1 fully saturated rings. The van der Waals surface area contributed by atoms with Crippen LogP contribution in [0, 0.1) is 0 Å². The third-order valence-electron chi connectivity index (χ3n) is 7.49. The minimum Gasteiger partial charge on any atom is -0.497 e. The predicted molar refractivity (Wildman–Crippen MR) is 166 cm³/mol. The van der Waals surface area contributed by atoms with Crippen molar-refractivity contribution in [2.75, 3.05) is 20.3 Å². The third kappa shape index (κ3) is 6.29. The van der Waals surface area contributed by atoms with Gasteiger partial charge in [0.1, 0.15) is 17.2 Å². The highest BCUT2D eigenvalue weighted by Gasteiger charge is 2.18. The number of piperidine rings is 1. The van der Waals surface area contributed by atoms with Crippen LogP contribution in [-0.2, 0) is 0 Å². The second-order valence-electron chi connectivity index (χ2n) is 10.3. The molecular formula is C35H33NO4S. The second kappa shape index (κ2) is 12.6. The molecule has 1 aliphatic rings. The Hall–Kier alpha value is -4.13. The zero-order valence-corrected chi connectivity index (χ0v) is 23.9. The van der Waals surface area contributed by atoms with Gasteiger partial charge in [0.05, 0.1) is 18.6 Å². The van der Waals surface area contributed by atoms with E-state index in [0.717, 1.165) is 56.5 Å². The summed E-state index contributed by atoms with van der Waals surface area (Å²) in [7, 11) is 1.67. The SMILES string of the molecule is COc1ccc2c(Oc3ccc(OCCC4CCCCN4)cc3)c(-c3ccc(C(=O)c4ccccc4)cc3)sc2c1. The molecule has 0 amide bonds. The molecule has 6 rings (SSSR count). The lowest BCUT2D eigenvalue weighted by Gasteiger charge is -2.23. The van der Waals surface area contributed by atoms with Crippen molar-refractivity contribution in [1.82, 2.24) is 5.32 Å². The zero-order chi connectivity index (χ0) is 28.0. The number of rotatable bonds is 10. The van der Waals surface area contributed by atoms with Gasteiger partial charge in [0.15, 0.2) is 11.5 Å². The summed E-state index contributed by atoms with van der Waals surface area (Å²) in [4.78, 5) is 13.9. The molecule has 2 heterocycles. The van der Waals surface area contributed by atoms with Crippen molar-refractivity contribution in [1.29, 1.82) is 0 Å². The molecule has 1 unspecified atom stereocenters. The quantitative estimate of drug-likeness (QED) is 0.173. The molecule has 0 aliphatic carbocycles. The van der Waals surface area contributed by atoms with Gasteiger partial charge in [-0.1, -0.05) is 61.0 Å². The van der Waals surface area contributed by atoms with E-state index in [-0.39, 0.29) is 5.78 Å². The Kier molecular flexibility index (Phi) is 8.31. The summed E-state index contributed by atoms with van der Waals surface area (Å²) in [6, 6.07) is 31.5. The van der Waals surface area contributed by atoms with E-state index in [9.17, 15) is 4.79 Å². The number of benzene rings is 4. The van der Waals surface area contributed by atoms with Gasteiger partial charge in [-0.05, 0) is 73.8 Å². The van der Waals surface area contributed by atoms with Crippen molar-refractivity contribution >= 4 is 27.2 Å². The first-order chi connectivity index (χ1) is 20.2. The largest absolute Gasteiger partial charge is 0.497 e. The highest BCUT2D eigenvalue weighted by atomic mass is 32.1. The van der Waals surface area contributed by atoms with E-state index in [1.807, 2.05) is 97.1 Å². The number of ketones is 1. The molecule has 1 aromatic heterocycles. The van der Waals surface area contributed by atoms with Crippen molar-refractivity contribution < 1.29 is 19.0 Å². The maximum Gasteiger partial charge on any atom is 0.193 e. The van der Waals surface area contributed by atoms with Crippen LogP contribution in [-0.4, -0.2) is 32.1 Å². The lowest BCUT2D eigenvalue weighted by atomic mass is 10.0. The highest BCUT2D eigenvalue weighted by molar-refractivity contribution is 7.22. The Morgan fingerprint density at radius 3 is 2.32 bits per heavy atom. The topological polar surface area (TPSA) is 56.8 Å². The first kappa shape index (κ1) is 27.1. The molecule has 0 spiro atoms. The summed E-state index contributed by atoms with van der Waals surface area (Å²) in [5.41, 5.74) is 2.32. The number of fused-ring (bicyclic) bond motifs is 1. The maximum atomic E-state index is 12.9. The van der Waals surface area contributed by atoms with Crippen LogP contribution in [0.15, 0.2) is 97.1 Å². The van der Waals surface area contributed by atoms with Crippen LogP contribution < -0.4 is 19.5 Å². The smallest absolute Gasteiger partial charge is 0.193 e. The maximum absolute atomic E-state index is 12.9. The van der Waals surface area contributed by atoms with Crippen molar-refractivity contribution in [3.8, 4) is 33.4 Å². The predicted octanol–water partition coefficient (Wildman–Crippen LogP) is 8.51. The summed E-state index contributed by atoms with van der Waals surface area (Å²) in [5.74, 6) is 3.16. The number of carbonyl (C=O) groups excluding carboxylic acids is 1. The molecule has 6 heteroatoms. The Labute approximate surface area is 244 Å². The minimum absolute atomic E-state index is 0.00649. The van der Waals surface area contributed by atoms with Crippen molar-refractivity contribution in [3.63, 3.8) is 0 Å². The number of thiophene rings is 1. The van der Waals surface area contributed by atoms with Gasteiger partial charge in [0, 0.05) is 27.3 Å². The van der Waals surface area contributed by atoms with E-state index in [4.69, 9.17) is 14.2 Å². The average Bonchev–Trinajstić information content (AvgIpc) is 3.39. The van der Waals surface area contributed by atoms with Gasteiger partial charge >= 0.3 is 0 Å². The van der Waals surface area contributed by atoms with E-state index < -0.39 is 0 Å². The average molecular weight is 564 g/mol. The van der Waals surface area contributed by atoms with Crippen LogP contribution in [0.4, 0.5) is 0 Å². The van der Waals surface area contributed by atoms with Crippen LogP contribution in [0.2, 0.25) is 0 Å². The fourth-order valence-corrected chi connectivity index (χ4v) is 6.38. The molecule has 1 atom stereocenters.